The second-order valence-corrected chi connectivity index (χ2v) is 5.49. The highest BCUT2D eigenvalue weighted by Gasteiger charge is 2.25. The van der Waals surface area contributed by atoms with Gasteiger partial charge in [-0.05, 0) is 18.2 Å². The van der Waals surface area contributed by atoms with Gasteiger partial charge in [-0.15, -0.1) is 0 Å². The lowest BCUT2D eigenvalue weighted by atomic mass is 10.2. The maximum atomic E-state index is 13.4. The number of hydrogen-bond donors (Lipinski definition) is 2. The van der Waals surface area contributed by atoms with Crippen LogP contribution in [0.4, 0.5) is 4.39 Å². The van der Waals surface area contributed by atoms with Crippen LogP contribution in [0.2, 0.25) is 0 Å². The van der Waals surface area contributed by atoms with Crippen molar-refractivity contribution >= 4 is 10.0 Å². The van der Waals surface area contributed by atoms with E-state index in [9.17, 15) is 12.8 Å². The Morgan fingerprint density at radius 2 is 2.18 bits per heavy atom. The molecular weight excluding hydrogens is 247 g/mol. The van der Waals surface area contributed by atoms with Gasteiger partial charge < -0.3 is 10.1 Å². The van der Waals surface area contributed by atoms with Crippen molar-refractivity contribution in [3.8, 4) is 5.75 Å². The summed E-state index contributed by atoms with van der Waals surface area (Å²) in [6, 6.07) is 3.44. The number of hydrogen-bond acceptors (Lipinski definition) is 4. The van der Waals surface area contributed by atoms with Gasteiger partial charge in [-0.1, -0.05) is 0 Å². The third kappa shape index (κ3) is 2.56. The van der Waals surface area contributed by atoms with E-state index in [1.54, 1.807) is 0 Å². The highest BCUT2D eigenvalue weighted by molar-refractivity contribution is 7.89. The summed E-state index contributed by atoms with van der Waals surface area (Å²) in [6.07, 6.45) is 0. The predicted octanol–water partition coefficient (Wildman–Crippen LogP) is 0.0844. The molecule has 5 nitrogen and oxygen atoms in total. The van der Waals surface area contributed by atoms with Crippen LogP contribution in [0, 0.1) is 5.82 Å². The van der Waals surface area contributed by atoms with Crippen molar-refractivity contribution in [1.82, 2.24) is 10.0 Å². The summed E-state index contributed by atoms with van der Waals surface area (Å²) in [5.74, 6) is -0.670. The van der Waals surface area contributed by atoms with E-state index in [4.69, 9.17) is 4.74 Å². The molecule has 1 fully saturated rings. The third-order valence-corrected chi connectivity index (χ3v) is 4.06. The average Bonchev–Trinajstić information content (AvgIpc) is 2.23. The number of sulfonamides is 1. The minimum Gasteiger partial charge on any atom is -0.494 e. The monoisotopic (exact) mass is 260 g/mol. The summed E-state index contributed by atoms with van der Waals surface area (Å²) in [4.78, 5) is -0.0947. The van der Waals surface area contributed by atoms with Crippen LogP contribution in [0.15, 0.2) is 23.1 Å². The second kappa shape index (κ2) is 4.59. The van der Waals surface area contributed by atoms with Crippen LogP contribution in [0.1, 0.15) is 0 Å². The van der Waals surface area contributed by atoms with Crippen LogP contribution in [-0.4, -0.2) is 34.7 Å². The zero-order valence-corrected chi connectivity index (χ0v) is 10.1. The third-order valence-electron chi connectivity index (χ3n) is 2.54. The van der Waals surface area contributed by atoms with Crippen molar-refractivity contribution in [2.75, 3.05) is 20.2 Å². The SMILES string of the molecule is COc1ccc(S(=O)(=O)NC2CNC2)cc1F. The summed E-state index contributed by atoms with van der Waals surface area (Å²) in [7, 11) is -2.33. The van der Waals surface area contributed by atoms with Crippen molar-refractivity contribution in [3.05, 3.63) is 24.0 Å². The average molecular weight is 260 g/mol. The predicted molar refractivity (Wildman–Crippen MR) is 59.9 cm³/mol. The summed E-state index contributed by atoms with van der Waals surface area (Å²) < 4.78 is 44.3. The Labute approximate surface area is 99.0 Å². The molecule has 0 aromatic heterocycles. The van der Waals surface area contributed by atoms with Crippen LogP contribution in [-0.2, 0) is 10.0 Å². The Balaban J connectivity index is 2.23. The molecule has 0 unspecified atom stereocenters. The van der Waals surface area contributed by atoms with Gasteiger partial charge >= 0.3 is 0 Å². The van der Waals surface area contributed by atoms with Gasteiger partial charge in [-0.25, -0.2) is 17.5 Å². The summed E-state index contributed by atoms with van der Waals surface area (Å²) in [5, 5.41) is 2.94. The van der Waals surface area contributed by atoms with E-state index in [2.05, 4.69) is 10.0 Å². The first-order valence-corrected chi connectivity index (χ1v) is 6.58. The van der Waals surface area contributed by atoms with E-state index in [0.29, 0.717) is 13.1 Å². The van der Waals surface area contributed by atoms with Gasteiger partial charge in [-0.3, -0.25) is 0 Å². The molecule has 0 spiro atoms. The zero-order chi connectivity index (χ0) is 12.5. The first-order valence-electron chi connectivity index (χ1n) is 5.09. The number of ether oxygens (including phenoxy) is 1. The number of methoxy groups -OCH3 is 1. The van der Waals surface area contributed by atoms with Gasteiger partial charge in [0.15, 0.2) is 11.6 Å². The lowest BCUT2D eigenvalue weighted by Crippen LogP contribution is -2.56. The van der Waals surface area contributed by atoms with Crippen LogP contribution in [0.3, 0.4) is 0 Å². The quantitative estimate of drug-likeness (QED) is 0.805. The lowest BCUT2D eigenvalue weighted by molar-refractivity contribution is 0.385. The number of halogens is 1. The normalized spacial score (nSPS) is 16.6. The fourth-order valence-corrected chi connectivity index (χ4v) is 2.72. The molecule has 0 atom stereocenters. The number of rotatable bonds is 4. The van der Waals surface area contributed by atoms with Crippen LogP contribution >= 0.6 is 0 Å². The maximum absolute atomic E-state index is 13.4. The molecule has 0 saturated carbocycles. The lowest BCUT2D eigenvalue weighted by Gasteiger charge is -2.27. The van der Waals surface area contributed by atoms with Gasteiger partial charge in [0.1, 0.15) is 0 Å². The van der Waals surface area contributed by atoms with E-state index < -0.39 is 15.8 Å². The highest BCUT2D eigenvalue weighted by atomic mass is 32.2. The first kappa shape index (κ1) is 12.3. The van der Waals surface area contributed by atoms with Gasteiger partial charge in [0.25, 0.3) is 0 Å². The number of nitrogens with one attached hydrogen (secondary N) is 2. The molecule has 1 heterocycles. The maximum Gasteiger partial charge on any atom is 0.241 e. The Bertz CT molecular complexity index is 514. The molecule has 0 bridgehead atoms. The second-order valence-electron chi connectivity index (χ2n) is 3.77. The van der Waals surface area contributed by atoms with Crippen molar-refractivity contribution in [3.63, 3.8) is 0 Å². The van der Waals surface area contributed by atoms with Crippen LogP contribution in [0.5, 0.6) is 5.75 Å². The van der Waals surface area contributed by atoms with Gasteiger partial charge in [0.2, 0.25) is 10.0 Å². The van der Waals surface area contributed by atoms with Crippen LogP contribution < -0.4 is 14.8 Å². The molecule has 1 saturated heterocycles. The Kier molecular flexibility index (Phi) is 3.32. The highest BCUT2D eigenvalue weighted by Crippen LogP contribution is 2.20. The molecule has 17 heavy (non-hydrogen) atoms. The molecule has 7 heteroatoms. The molecule has 1 aliphatic heterocycles. The molecule has 94 valence electrons. The standard InChI is InChI=1S/C10H13FN2O3S/c1-16-10-3-2-8(4-9(10)11)17(14,15)13-7-5-12-6-7/h2-4,7,12-13H,5-6H2,1H3. The molecule has 1 aromatic rings. The minimum atomic E-state index is -3.65. The minimum absolute atomic E-state index is 0.0225. The molecule has 1 aliphatic rings. The molecule has 0 aliphatic carbocycles. The van der Waals surface area contributed by atoms with Gasteiger partial charge in [-0.2, -0.15) is 0 Å². The van der Waals surface area contributed by atoms with E-state index >= 15 is 0 Å². The van der Waals surface area contributed by atoms with Gasteiger partial charge in [0, 0.05) is 19.1 Å². The zero-order valence-electron chi connectivity index (χ0n) is 9.23. The van der Waals surface area contributed by atoms with Crippen LogP contribution in [0.25, 0.3) is 0 Å². The molecule has 0 radical (unpaired) electrons. The molecule has 2 rings (SSSR count). The van der Waals surface area contributed by atoms with Gasteiger partial charge in [0.05, 0.1) is 12.0 Å². The number of benzene rings is 1. The topological polar surface area (TPSA) is 67.4 Å². The Morgan fingerprint density at radius 3 is 2.65 bits per heavy atom. The summed E-state index contributed by atoms with van der Waals surface area (Å²) in [5.41, 5.74) is 0. The molecule has 0 amide bonds. The fraction of sp³-hybridized carbons (Fsp3) is 0.400. The fourth-order valence-electron chi connectivity index (χ4n) is 1.47. The smallest absolute Gasteiger partial charge is 0.241 e. The van der Waals surface area contributed by atoms with Crippen molar-refractivity contribution in [2.24, 2.45) is 0 Å². The summed E-state index contributed by atoms with van der Waals surface area (Å²) >= 11 is 0. The van der Waals surface area contributed by atoms with E-state index in [-0.39, 0.29) is 16.7 Å². The van der Waals surface area contributed by atoms with E-state index in [0.717, 1.165) is 6.07 Å². The van der Waals surface area contributed by atoms with Crippen molar-refractivity contribution in [2.45, 2.75) is 10.9 Å². The molecular formula is C10H13FN2O3S. The largest absolute Gasteiger partial charge is 0.494 e. The van der Waals surface area contributed by atoms with E-state index in [1.807, 2.05) is 0 Å². The molecule has 1 aromatic carbocycles. The Hall–Kier alpha value is -1.18. The molecule has 2 N–H and O–H groups in total. The van der Waals surface area contributed by atoms with Crippen molar-refractivity contribution in [1.29, 1.82) is 0 Å². The Morgan fingerprint density at radius 1 is 1.47 bits per heavy atom. The first-order chi connectivity index (χ1) is 8.03. The van der Waals surface area contributed by atoms with Crippen molar-refractivity contribution < 1.29 is 17.5 Å². The summed E-state index contributed by atoms with van der Waals surface area (Å²) in [6.45, 7) is 1.19. The van der Waals surface area contributed by atoms with E-state index in [1.165, 1.54) is 19.2 Å².